The van der Waals surface area contributed by atoms with Gasteiger partial charge in [0.1, 0.15) is 5.83 Å². The van der Waals surface area contributed by atoms with Gasteiger partial charge in [-0.05, 0) is 198 Å². The minimum Gasteiger partial charge on any atom is -0.295 e. The molecule has 15 atom stereocenters. The summed E-state index contributed by atoms with van der Waals surface area (Å²) in [7, 11) is 0. The van der Waals surface area contributed by atoms with Crippen LogP contribution in [0.5, 0.6) is 0 Å². The van der Waals surface area contributed by atoms with Crippen LogP contribution in [0.3, 0.4) is 0 Å². The minimum atomic E-state index is -2.50. The van der Waals surface area contributed by atoms with Gasteiger partial charge >= 0.3 is 0 Å². The lowest BCUT2D eigenvalue weighted by molar-refractivity contribution is -0.151. The zero-order valence-corrected chi connectivity index (χ0v) is 40.1. The number of fused-ring (bicyclic) bond motifs is 15. The van der Waals surface area contributed by atoms with Crippen molar-refractivity contribution >= 4 is 17.3 Å². The van der Waals surface area contributed by atoms with Crippen LogP contribution in [-0.4, -0.2) is 29.2 Å². The molecule has 0 spiro atoms. The smallest absolute Gasteiger partial charge is 0.253 e. The third-order valence-electron chi connectivity index (χ3n) is 23.0. The summed E-state index contributed by atoms with van der Waals surface area (Å²) in [5.74, 6) is -0.322. The molecule has 0 aromatic carbocycles. The van der Waals surface area contributed by atoms with Crippen molar-refractivity contribution in [3.8, 4) is 0 Å². The van der Waals surface area contributed by atoms with E-state index < -0.39 is 22.7 Å². The number of alkyl halides is 4. The van der Waals surface area contributed by atoms with Crippen molar-refractivity contribution in [1.29, 1.82) is 0 Å². The van der Waals surface area contributed by atoms with Gasteiger partial charge in [-0.25, -0.2) is 22.0 Å². The maximum absolute atomic E-state index is 14.4. The Hall–Kier alpha value is -2.64. The summed E-state index contributed by atoms with van der Waals surface area (Å²) in [6.45, 7) is 12.7. The zero-order valence-electron chi connectivity index (χ0n) is 40.1. The molecule has 8 fully saturated rings. The molecule has 0 heterocycles. The molecule has 0 aromatic rings. The van der Waals surface area contributed by atoms with E-state index in [2.05, 4.69) is 33.8 Å². The predicted molar refractivity (Wildman–Crippen MR) is 245 cm³/mol. The Kier molecular flexibility index (Phi) is 10.9. The third-order valence-corrected chi connectivity index (χ3v) is 23.0. The molecule has 0 saturated heterocycles. The lowest BCUT2D eigenvalue weighted by atomic mass is 9.47. The van der Waals surface area contributed by atoms with Crippen molar-refractivity contribution in [1.82, 2.24) is 0 Å². The van der Waals surface area contributed by atoms with E-state index in [9.17, 15) is 36.3 Å². The van der Waals surface area contributed by atoms with Crippen LogP contribution in [0.4, 0.5) is 22.0 Å². The molecule has 8 saturated carbocycles. The van der Waals surface area contributed by atoms with Crippen molar-refractivity contribution in [2.24, 2.45) is 85.8 Å². The number of rotatable bonds is 0. The molecule has 356 valence electrons. The van der Waals surface area contributed by atoms with Gasteiger partial charge in [0.15, 0.2) is 17.3 Å². The van der Waals surface area contributed by atoms with Crippen LogP contribution in [0.15, 0.2) is 59.0 Å². The Labute approximate surface area is 385 Å². The lowest BCUT2D eigenvalue weighted by Crippen LogP contribution is -2.52. The summed E-state index contributed by atoms with van der Waals surface area (Å²) in [5, 5.41) is 0. The second-order valence-corrected chi connectivity index (χ2v) is 25.2. The molecule has 0 amide bonds. The van der Waals surface area contributed by atoms with Gasteiger partial charge in [-0.1, -0.05) is 70.4 Å². The van der Waals surface area contributed by atoms with Crippen LogP contribution in [0.2, 0.25) is 0 Å². The van der Waals surface area contributed by atoms with Gasteiger partial charge in [-0.3, -0.25) is 14.4 Å². The molecule has 0 radical (unpaired) electrons. The molecule has 0 N–H and O–H groups in total. The van der Waals surface area contributed by atoms with Crippen LogP contribution in [-0.2, 0) is 14.4 Å². The summed E-state index contributed by atoms with van der Waals surface area (Å²) in [6.07, 6.45) is 28.1. The number of hydrogen-bond acceptors (Lipinski definition) is 3. The Balaban J connectivity index is 0.000000115. The van der Waals surface area contributed by atoms with E-state index in [-0.39, 0.29) is 63.7 Å². The SMILES string of the molecule is C[C@]12C=CC(=O)C=C1CCC1C2CC[C@@]2(C)C1CCC2(F)F.C[C@]12CCC(=O)C=C1CCC1C2CC[C@@]2(C)C1CCC2(F)F.C[C@]12CCC(=O)C=C1CCC1C2CC[C@]2(C)C(F)=CCC12. The van der Waals surface area contributed by atoms with Crippen LogP contribution in [0, 0.1) is 85.8 Å². The van der Waals surface area contributed by atoms with E-state index in [1.165, 1.54) is 16.7 Å². The second-order valence-electron chi connectivity index (χ2n) is 25.2. The number of carbonyl (C=O) groups is 3. The molecule has 65 heavy (non-hydrogen) atoms. The first kappa shape index (κ1) is 46.1. The standard InChI is InChI=1S/C19H26F2O.C19H24F2O.C19H25FO/c2*1-17-8-5-13(22)11-12(17)3-4-14-15(17)6-9-18(2)16(14)7-10-19(18,20)21;1-18-9-7-13(21)11-12(18)3-4-14-15-5-6-17(20)19(15,2)10-8-16(14)18/h11,14-16H,3-10H2,1-2H3;5,8,11,14-16H,3-4,6-7,9-10H2,1-2H3;6,11,14-16H,3-5,7-10H2,1-2H3/t2*14?,15?,16?,17-,18-;14?,15?,16?,18-,19-/m000/s1. The lowest BCUT2D eigenvalue weighted by Gasteiger charge is -2.57. The molecule has 9 unspecified atom stereocenters. The Morgan fingerprint density at radius 3 is 1.45 bits per heavy atom. The maximum Gasteiger partial charge on any atom is 0.253 e. The van der Waals surface area contributed by atoms with Crippen LogP contribution in [0.25, 0.3) is 0 Å². The number of carbonyl (C=O) groups excluding carboxylic acids is 3. The van der Waals surface area contributed by atoms with E-state index in [0.29, 0.717) is 85.7 Å². The average molecular weight is 903 g/mol. The van der Waals surface area contributed by atoms with Gasteiger partial charge in [0.25, 0.3) is 11.8 Å². The number of hydrogen-bond donors (Lipinski definition) is 0. The molecular formula is C57H75F5O3. The highest BCUT2D eigenvalue weighted by molar-refractivity contribution is 6.01. The Bertz CT molecular complexity index is 2170. The summed E-state index contributed by atoms with van der Waals surface area (Å²) >= 11 is 0. The van der Waals surface area contributed by atoms with Crippen molar-refractivity contribution in [2.75, 3.05) is 0 Å². The average Bonchev–Trinajstić information content (AvgIpc) is 3.81. The molecule has 0 aliphatic heterocycles. The Morgan fingerprint density at radius 2 is 0.908 bits per heavy atom. The molecule has 3 nitrogen and oxygen atoms in total. The number of allylic oxidation sites excluding steroid dienone is 9. The van der Waals surface area contributed by atoms with Crippen molar-refractivity contribution in [3.63, 3.8) is 0 Å². The first-order chi connectivity index (χ1) is 30.5. The summed E-state index contributed by atoms with van der Waals surface area (Å²) in [5.41, 5.74) is 2.38. The van der Waals surface area contributed by atoms with Crippen molar-refractivity contribution in [3.05, 3.63) is 59.0 Å². The molecule has 12 aliphatic rings. The highest BCUT2D eigenvalue weighted by Gasteiger charge is 2.67. The fourth-order valence-corrected chi connectivity index (χ4v) is 18.7. The van der Waals surface area contributed by atoms with Gasteiger partial charge in [-0.2, -0.15) is 0 Å². The zero-order chi connectivity index (χ0) is 46.3. The van der Waals surface area contributed by atoms with Gasteiger partial charge in [0.2, 0.25) is 0 Å². The first-order valence-corrected chi connectivity index (χ1v) is 26.0. The molecule has 8 heteroatoms. The third kappa shape index (κ3) is 6.72. The fourth-order valence-electron chi connectivity index (χ4n) is 18.7. The quantitative estimate of drug-likeness (QED) is 0.228. The fraction of sp³-hybridized carbons (Fsp3) is 0.772. The highest BCUT2D eigenvalue weighted by atomic mass is 19.3. The Morgan fingerprint density at radius 1 is 0.462 bits per heavy atom. The highest BCUT2D eigenvalue weighted by Crippen LogP contribution is 2.71. The molecule has 0 bridgehead atoms. The van der Waals surface area contributed by atoms with Crippen LogP contribution >= 0.6 is 0 Å². The van der Waals surface area contributed by atoms with Gasteiger partial charge in [0, 0.05) is 47.3 Å². The largest absolute Gasteiger partial charge is 0.295 e. The number of halogens is 5. The maximum atomic E-state index is 14.4. The van der Waals surface area contributed by atoms with E-state index in [1.54, 1.807) is 12.2 Å². The second kappa shape index (κ2) is 15.4. The minimum absolute atomic E-state index is 0.0606. The summed E-state index contributed by atoms with van der Waals surface area (Å²) < 4.78 is 72.0. The normalized spacial score (nSPS) is 49.3. The van der Waals surface area contributed by atoms with E-state index >= 15 is 0 Å². The predicted octanol–water partition coefficient (Wildman–Crippen LogP) is 15.1. The number of ketones is 3. The van der Waals surface area contributed by atoms with E-state index in [4.69, 9.17) is 0 Å². The van der Waals surface area contributed by atoms with Gasteiger partial charge in [-0.15, -0.1) is 0 Å². The topological polar surface area (TPSA) is 51.2 Å². The summed E-state index contributed by atoms with van der Waals surface area (Å²) in [4.78, 5) is 35.2. The molecule has 12 rings (SSSR count). The monoisotopic (exact) mass is 903 g/mol. The van der Waals surface area contributed by atoms with E-state index in [1.807, 2.05) is 32.1 Å². The molecule has 12 aliphatic carbocycles. The van der Waals surface area contributed by atoms with Gasteiger partial charge < -0.3 is 0 Å². The van der Waals surface area contributed by atoms with E-state index in [0.717, 1.165) is 83.5 Å². The van der Waals surface area contributed by atoms with Crippen molar-refractivity contribution in [2.45, 2.75) is 188 Å². The molecule has 0 aromatic heterocycles. The van der Waals surface area contributed by atoms with Crippen LogP contribution < -0.4 is 0 Å². The molecular weight excluding hydrogens is 828 g/mol. The van der Waals surface area contributed by atoms with Gasteiger partial charge in [0.05, 0.1) is 0 Å². The van der Waals surface area contributed by atoms with Crippen molar-refractivity contribution < 1.29 is 36.3 Å². The summed E-state index contributed by atoms with van der Waals surface area (Å²) in [6, 6.07) is 0. The first-order valence-electron chi connectivity index (χ1n) is 26.0. The van der Waals surface area contributed by atoms with Crippen LogP contribution in [0.1, 0.15) is 176 Å².